The third kappa shape index (κ3) is 2.46. The first-order valence-electron chi connectivity index (χ1n) is 5.57. The Hall–Kier alpha value is -1.84. The van der Waals surface area contributed by atoms with Crippen molar-refractivity contribution in [1.29, 1.82) is 0 Å². The molecule has 4 heteroatoms. The number of carbonyl (C=O) groups is 2. The SMILES string of the molecule is CC(=O)c1cccc(CC2COC(=O)N2C)c1. The normalized spacial score (nSPS) is 19.3. The molecule has 1 saturated heterocycles. The molecule has 4 nitrogen and oxygen atoms in total. The smallest absolute Gasteiger partial charge is 0.409 e. The Kier molecular flexibility index (Phi) is 3.13. The van der Waals surface area contributed by atoms with Crippen molar-refractivity contribution in [2.75, 3.05) is 13.7 Å². The third-order valence-corrected chi connectivity index (χ3v) is 3.04. The molecule has 0 saturated carbocycles. The number of cyclic esters (lactones) is 1. The lowest BCUT2D eigenvalue weighted by molar-refractivity contribution is 0.101. The second-order valence-electron chi connectivity index (χ2n) is 4.30. The Morgan fingerprint density at radius 1 is 1.53 bits per heavy atom. The van der Waals surface area contributed by atoms with Gasteiger partial charge in [-0.1, -0.05) is 18.2 Å². The molecular formula is C13H15NO3. The third-order valence-electron chi connectivity index (χ3n) is 3.04. The molecule has 90 valence electrons. The van der Waals surface area contributed by atoms with Crippen LogP contribution in [0.4, 0.5) is 4.79 Å². The quantitative estimate of drug-likeness (QED) is 0.749. The number of likely N-dealkylation sites (N-methyl/N-ethyl adjacent to an activating group) is 1. The van der Waals surface area contributed by atoms with Crippen molar-refractivity contribution in [2.45, 2.75) is 19.4 Å². The number of benzene rings is 1. The van der Waals surface area contributed by atoms with E-state index in [1.54, 1.807) is 24.9 Å². The Balaban J connectivity index is 2.11. The van der Waals surface area contributed by atoms with E-state index >= 15 is 0 Å². The highest BCUT2D eigenvalue weighted by Gasteiger charge is 2.29. The van der Waals surface area contributed by atoms with E-state index in [1.165, 1.54) is 0 Å². The van der Waals surface area contributed by atoms with Gasteiger partial charge in [-0.15, -0.1) is 0 Å². The van der Waals surface area contributed by atoms with Crippen LogP contribution in [0.5, 0.6) is 0 Å². The van der Waals surface area contributed by atoms with Crippen LogP contribution < -0.4 is 0 Å². The summed E-state index contributed by atoms with van der Waals surface area (Å²) < 4.78 is 4.95. The Morgan fingerprint density at radius 3 is 2.88 bits per heavy atom. The van der Waals surface area contributed by atoms with Gasteiger partial charge in [-0.25, -0.2) is 4.79 Å². The second kappa shape index (κ2) is 4.57. The van der Waals surface area contributed by atoms with Gasteiger partial charge in [0.2, 0.25) is 0 Å². The van der Waals surface area contributed by atoms with Gasteiger partial charge in [-0.3, -0.25) is 4.79 Å². The summed E-state index contributed by atoms with van der Waals surface area (Å²) in [6.45, 7) is 1.97. The maximum atomic E-state index is 11.3. The topological polar surface area (TPSA) is 46.6 Å². The number of carbonyl (C=O) groups excluding carboxylic acids is 2. The first-order chi connectivity index (χ1) is 8.08. The van der Waals surface area contributed by atoms with Crippen LogP contribution in [-0.4, -0.2) is 36.5 Å². The van der Waals surface area contributed by atoms with E-state index in [1.807, 2.05) is 18.2 Å². The minimum Gasteiger partial charge on any atom is -0.447 e. The van der Waals surface area contributed by atoms with E-state index < -0.39 is 0 Å². The Labute approximate surface area is 100 Å². The van der Waals surface area contributed by atoms with Gasteiger partial charge in [0.15, 0.2) is 5.78 Å². The van der Waals surface area contributed by atoms with Gasteiger partial charge in [-0.05, 0) is 25.0 Å². The van der Waals surface area contributed by atoms with Crippen molar-refractivity contribution in [1.82, 2.24) is 4.90 Å². The monoisotopic (exact) mass is 233 g/mol. The zero-order valence-corrected chi connectivity index (χ0v) is 9.97. The first kappa shape index (κ1) is 11.6. The summed E-state index contributed by atoms with van der Waals surface area (Å²) in [6, 6.07) is 7.56. The number of amides is 1. The molecule has 17 heavy (non-hydrogen) atoms. The van der Waals surface area contributed by atoms with Gasteiger partial charge in [0.1, 0.15) is 6.61 Å². The largest absolute Gasteiger partial charge is 0.447 e. The van der Waals surface area contributed by atoms with Gasteiger partial charge >= 0.3 is 6.09 Å². The first-order valence-corrected chi connectivity index (χ1v) is 5.57. The van der Waals surface area contributed by atoms with Crippen LogP contribution >= 0.6 is 0 Å². The van der Waals surface area contributed by atoms with Crippen molar-refractivity contribution in [3.05, 3.63) is 35.4 Å². The molecule has 1 unspecified atom stereocenters. The second-order valence-corrected chi connectivity index (χ2v) is 4.30. The molecule has 2 rings (SSSR count). The van der Waals surface area contributed by atoms with Gasteiger partial charge in [0.05, 0.1) is 6.04 Å². The summed E-state index contributed by atoms with van der Waals surface area (Å²) in [5, 5.41) is 0. The number of ether oxygens (including phenoxy) is 1. The van der Waals surface area contributed by atoms with Crippen molar-refractivity contribution >= 4 is 11.9 Å². The zero-order chi connectivity index (χ0) is 12.4. The van der Waals surface area contributed by atoms with Gasteiger partial charge in [0.25, 0.3) is 0 Å². The van der Waals surface area contributed by atoms with Crippen molar-refractivity contribution in [2.24, 2.45) is 0 Å². The highest BCUT2D eigenvalue weighted by atomic mass is 16.6. The van der Waals surface area contributed by atoms with Crippen LogP contribution in [-0.2, 0) is 11.2 Å². The summed E-state index contributed by atoms with van der Waals surface area (Å²) in [6.07, 6.45) is 0.432. The van der Waals surface area contributed by atoms with Crippen LogP contribution in [0.3, 0.4) is 0 Å². The van der Waals surface area contributed by atoms with Crippen LogP contribution in [0.25, 0.3) is 0 Å². The standard InChI is InChI=1S/C13H15NO3/c1-9(15)11-5-3-4-10(6-11)7-12-8-17-13(16)14(12)2/h3-6,12H,7-8H2,1-2H3. The molecule has 1 aromatic carbocycles. The predicted molar refractivity (Wildman–Crippen MR) is 63.0 cm³/mol. The van der Waals surface area contributed by atoms with E-state index in [2.05, 4.69) is 0 Å². The summed E-state index contributed by atoms with van der Waals surface area (Å²) in [5.41, 5.74) is 1.75. The molecule has 0 spiro atoms. The molecule has 0 aliphatic carbocycles. The van der Waals surface area contributed by atoms with Crippen molar-refractivity contribution in [3.63, 3.8) is 0 Å². The molecule has 1 amide bonds. The number of rotatable bonds is 3. The molecule has 0 aromatic heterocycles. The lowest BCUT2D eigenvalue weighted by Gasteiger charge is -2.16. The fourth-order valence-electron chi connectivity index (χ4n) is 1.92. The molecular weight excluding hydrogens is 218 g/mol. The molecule has 0 bridgehead atoms. The van der Waals surface area contributed by atoms with Gasteiger partial charge < -0.3 is 9.64 Å². The predicted octanol–water partition coefficient (Wildman–Crippen LogP) is 1.88. The molecule has 0 N–H and O–H groups in total. The van der Waals surface area contributed by atoms with E-state index in [0.29, 0.717) is 18.6 Å². The van der Waals surface area contributed by atoms with Crippen LogP contribution in [0.1, 0.15) is 22.8 Å². The average molecular weight is 233 g/mol. The lowest BCUT2D eigenvalue weighted by atomic mass is 10.0. The molecule has 1 heterocycles. The molecule has 1 fully saturated rings. The minimum atomic E-state index is -0.280. The van der Waals surface area contributed by atoms with Crippen LogP contribution in [0.2, 0.25) is 0 Å². The maximum Gasteiger partial charge on any atom is 0.409 e. The maximum absolute atomic E-state index is 11.3. The number of Topliss-reactive ketones (excluding diaryl/α,β-unsaturated/α-hetero) is 1. The van der Waals surface area contributed by atoms with E-state index in [-0.39, 0.29) is 17.9 Å². The Bertz CT molecular complexity index is 456. The summed E-state index contributed by atoms with van der Waals surface area (Å²) in [7, 11) is 1.73. The minimum absolute atomic E-state index is 0.0546. The lowest BCUT2D eigenvalue weighted by Crippen LogP contribution is -2.31. The van der Waals surface area contributed by atoms with Crippen molar-refractivity contribution in [3.8, 4) is 0 Å². The van der Waals surface area contributed by atoms with Gasteiger partial charge in [-0.2, -0.15) is 0 Å². The number of hydrogen-bond acceptors (Lipinski definition) is 3. The van der Waals surface area contributed by atoms with Crippen LogP contribution in [0.15, 0.2) is 24.3 Å². The molecule has 1 aromatic rings. The molecule has 1 aliphatic rings. The number of ketones is 1. The highest BCUT2D eigenvalue weighted by molar-refractivity contribution is 5.94. The van der Waals surface area contributed by atoms with E-state index in [4.69, 9.17) is 4.74 Å². The van der Waals surface area contributed by atoms with Crippen molar-refractivity contribution < 1.29 is 14.3 Å². The van der Waals surface area contributed by atoms with E-state index in [9.17, 15) is 9.59 Å². The summed E-state index contributed by atoms with van der Waals surface area (Å²) in [4.78, 5) is 24.1. The van der Waals surface area contributed by atoms with E-state index in [0.717, 1.165) is 5.56 Å². The molecule has 1 aliphatic heterocycles. The molecule has 1 atom stereocenters. The fourth-order valence-corrected chi connectivity index (χ4v) is 1.92. The zero-order valence-electron chi connectivity index (χ0n) is 9.97. The summed E-state index contributed by atoms with van der Waals surface area (Å²) >= 11 is 0. The number of nitrogens with zero attached hydrogens (tertiary/aromatic N) is 1. The highest BCUT2D eigenvalue weighted by Crippen LogP contribution is 2.16. The average Bonchev–Trinajstić information content (AvgIpc) is 2.61. The Morgan fingerprint density at radius 2 is 2.29 bits per heavy atom. The summed E-state index contributed by atoms with van der Waals surface area (Å²) in [5.74, 6) is 0.0546. The van der Waals surface area contributed by atoms with Crippen LogP contribution in [0, 0.1) is 0 Å². The number of hydrogen-bond donors (Lipinski definition) is 0. The molecule has 0 radical (unpaired) electrons. The fraction of sp³-hybridized carbons (Fsp3) is 0.385. The van der Waals surface area contributed by atoms with Gasteiger partial charge in [0, 0.05) is 12.6 Å².